The molecule has 3 N–H and O–H groups in total. The number of nitrogens with zero attached hydrogens (tertiary/aromatic N) is 2. The van der Waals surface area contributed by atoms with Gasteiger partial charge in [0.2, 0.25) is 0 Å². The van der Waals surface area contributed by atoms with Gasteiger partial charge in [0.05, 0.1) is 0 Å². The summed E-state index contributed by atoms with van der Waals surface area (Å²) in [5, 5.41) is 11.2. The number of benzene rings is 2. The molecule has 0 bridgehead atoms. The Bertz CT molecular complexity index is 1050. The summed E-state index contributed by atoms with van der Waals surface area (Å²) < 4.78 is 12.9. The van der Waals surface area contributed by atoms with Crippen molar-refractivity contribution in [3.05, 3.63) is 70.8 Å². The number of carbonyl (C=O) groups is 3. The van der Waals surface area contributed by atoms with Crippen LogP contribution in [0.3, 0.4) is 0 Å². The maximum absolute atomic E-state index is 12.9. The summed E-state index contributed by atoms with van der Waals surface area (Å²) in [7, 11) is 2.62. The van der Waals surface area contributed by atoms with Crippen LogP contribution in [0.2, 0.25) is 0 Å². The number of hydrogen-bond acceptors (Lipinski definition) is 5. The molecule has 1 aliphatic heterocycles. The third-order valence-corrected chi connectivity index (χ3v) is 5.32. The highest BCUT2D eigenvalue weighted by molar-refractivity contribution is 6.08. The number of carbonyl (C=O) groups excluding carboxylic acids is 3. The zero-order chi connectivity index (χ0) is 24.0. The van der Waals surface area contributed by atoms with Crippen molar-refractivity contribution in [2.24, 2.45) is 0 Å². The molecule has 0 saturated carbocycles. The Kier molecular flexibility index (Phi) is 7.77. The summed E-state index contributed by atoms with van der Waals surface area (Å²) >= 11 is 0. The molecule has 1 aliphatic rings. The van der Waals surface area contributed by atoms with Crippen molar-refractivity contribution in [2.75, 3.05) is 27.2 Å². The molecule has 8 nitrogen and oxygen atoms in total. The van der Waals surface area contributed by atoms with Crippen molar-refractivity contribution in [1.82, 2.24) is 20.6 Å². The van der Waals surface area contributed by atoms with Crippen LogP contribution in [-0.4, -0.2) is 72.1 Å². The predicted octanol–water partition coefficient (Wildman–Crippen LogP) is 0.932. The fourth-order valence-electron chi connectivity index (χ4n) is 3.42. The Labute approximate surface area is 191 Å². The molecule has 0 radical (unpaired) electrons. The molecule has 0 aliphatic carbocycles. The van der Waals surface area contributed by atoms with Gasteiger partial charge in [0, 0.05) is 50.4 Å². The van der Waals surface area contributed by atoms with E-state index in [9.17, 15) is 18.8 Å². The topological polar surface area (TPSA) is 102 Å². The lowest BCUT2D eigenvalue weighted by molar-refractivity contribution is -0.140. The highest BCUT2D eigenvalue weighted by Crippen LogP contribution is 2.16. The molecule has 1 saturated heterocycles. The average molecular weight is 452 g/mol. The predicted molar refractivity (Wildman–Crippen MR) is 119 cm³/mol. The van der Waals surface area contributed by atoms with Crippen molar-refractivity contribution < 1.29 is 24.0 Å². The highest BCUT2D eigenvalue weighted by Gasteiger charge is 2.33. The van der Waals surface area contributed by atoms with Crippen molar-refractivity contribution in [3.8, 4) is 11.8 Å². The van der Waals surface area contributed by atoms with Gasteiger partial charge in [0.15, 0.2) is 6.04 Å². The fourth-order valence-corrected chi connectivity index (χ4v) is 3.42. The largest absolute Gasteiger partial charge is 0.357 e. The smallest absolute Gasteiger partial charge is 0.275 e. The van der Waals surface area contributed by atoms with E-state index in [1.165, 1.54) is 19.6 Å². The van der Waals surface area contributed by atoms with E-state index in [1.807, 2.05) is 29.2 Å². The molecular formula is C24H25FN4O4. The van der Waals surface area contributed by atoms with Gasteiger partial charge in [-0.1, -0.05) is 24.0 Å². The van der Waals surface area contributed by atoms with Gasteiger partial charge in [-0.2, -0.15) is 0 Å². The number of hydrogen-bond donors (Lipinski definition) is 3. The van der Waals surface area contributed by atoms with Gasteiger partial charge in [-0.05, 0) is 42.0 Å². The van der Waals surface area contributed by atoms with Gasteiger partial charge in [0.1, 0.15) is 6.17 Å². The number of likely N-dealkylation sites (N-methyl/N-ethyl adjacent to an activating group) is 2. The molecule has 1 unspecified atom stereocenters. The second-order valence-electron chi connectivity index (χ2n) is 7.72. The molecule has 1 atom stereocenters. The van der Waals surface area contributed by atoms with Gasteiger partial charge < -0.3 is 10.2 Å². The lowest BCUT2D eigenvalue weighted by atomic mass is 10.1. The number of hydroxylamine groups is 1. The molecule has 3 rings (SSSR count). The number of amides is 3. The Hall–Kier alpha value is -3.74. The molecule has 2 aromatic rings. The summed E-state index contributed by atoms with van der Waals surface area (Å²) in [4.78, 5) is 39.5. The summed E-state index contributed by atoms with van der Waals surface area (Å²) in [6.45, 7) is 1.69. The first-order valence-electron chi connectivity index (χ1n) is 10.3. The average Bonchev–Trinajstić information content (AvgIpc) is 2.82. The van der Waals surface area contributed by atoms with Crippen LogP contribution >= 0.6 is 0 Å². The lowest BCUT2D eigenvalue weighted by Gasteiger charge is -2.34. The number of halogens is 1. The molecule has 9 heteroatoms. The molecule has 1 heterocycles. The van der Waals surface area contributed by atoms with Crippen LogP contribution in [0.15, 0.2) is 48.5 Å². The minimum Gasteiger partial charge on any atom is -0.357 e. The number of rotatable bonds is 6. The molecular weight excluding hydrogens is 427 g/mol. The van der Waals surface area contributed by atoms with Crippen LogP contribution < -0.4 is 10.8 Å². The SMILES string of the molecule is CNC(=O)C(C(=O)NO)N(C)C(=O)c1ccc(C#Cc2ccc(CN3CC(F)C3)cc2)cc1. The molecule has 33 heavy (non-hydrogen) atoms. The van der Waals surface area contributed by atoms with Gasteiger partial charge in [-0.25, -0.2) is 9.87 Å². The number of alkyl halides is 1. The molecule has 1 fully saturated rings. The van der Waals surface area contributed by atoms with Crippen LogP contribution in [0.25, 0.3) is 0 Å². The standard InChI is InChI=1S/C24H25FN4O4/c1-26-22(30)21(23(31)27-33)28(2)24(32)19-11-9-17(10-12-19)4-3-16-5-7-18(8-6-16)13-29-14-20(25)15-29/h5-12,20-21,33H,13-15H2,1-2H3,(H,26,30)(H,27,31). The van der Waals surface area contributed by atoms with Gasteiger partial charge in [0.25, 0.3) is 17.7 Å². The van der Waals surface area contributed by atoms with Crippen LogP contribution in [0.1, 0.15) is 27.0 Å². The summed E-state index contributed by atoms with van der Waals surface area (Å²) in [5.41, 5.74) is 4.27. The third kappa shape index (κ3) is 5.94. The zero-order valence-corrected chi connectivity index (χ0v) is 18.3. The van der Waals surface area contributed by atoms with E-state index in [1.54, 1.807) is 24.3 Å². The first-order chi connectivity index (χ1) is 15.8. The van der Waals surface area contributed by atoms with E-state index in [-0.39, 0.29) is 5.56 Å². The Morgan fingerprint density at radius 2 is 1.61 bits per heavy atom. The minimum atomic E-state index is -1.52. The van der Waals surface area contributed by atoms with Crippen LogP contribution in [0.5, 0.6) is 0 Å². The first kappa shape index (κ1) is 23.9. The third-order valence-electron chi connectivity index (χ3n) is 5.32. The molecule has 172 valence electrons. The normalized spacial score (nSPS) is 14.3. The second kappa shape index (κ2) is 10.7. The number of likely N-dealkylation sites (tertiary alicyclic amines) is 1. The van der Waals surface area contributed by atoms with E-state index in [4.69, 9.17) is 5.21 Å². The van der Waals surface area contributed by atoms with Crippen molar-refractivity contribution in [2.45, 2.75) is 18.8 Å². The molecule has 2 aromatic carbocycles. The monoisotopic (exact) mass is 452 g/mol. The van der Waals surface area contributed by atoms with Crippen molar-refractivity contribution in [3.63, 3.8) is 0 Å². The summed E-state index contributed by atoms with van der Waals surface area (Å²) in [6.07, 6.45) is -0.713. The van der Waals surface area contributed by atoms with E-state index in [2.05, 4.69) is 17.2 Å². The maximum Gasteiger partial charge on any atom is 0.275 e. The lowest BCUT2D eigenvalue weighted by Crippen LogP contribution is -2.54. The zero-order valence-electron chi connectivity index (χ0n) is 18.3. The summed E-state index contributed by atoms with van der Waals surface area (Å²) in [5.74, 6) is 3.77. The number of nitrogens with one attached hydrogen (secondary N) is 2. The van der Waals surface area contributed by atoms with Crippen LogP contribution in [0.4, 0.5) is 4.39 Å². The van der Waals surface area contributed by atoms with Gasteiger partial charge >= 0.3 is 0 Å². The second-order valence-corrected chi connectivity index (χ2v) is 7.72. The minimum absolute atomic E-state index is 0.258. The molecule has 0 spiro atoms. The van der Waals surface area contributed by atoms with Crippen molar-refractivity contribution in [1.29, 1.82) is 0 Å². The first-order valence-corrected chi connectivity index (χ1v) is 10.3. The molecule has 3 amide bonds. The van der Waals surface area contributed by atoms with Crippen LogP contribution in [-0.2, 0) is 16.1 Å². The summed E-state index contributed by atoms with van der Waals surface area (Å²) in [6, 6.07) is 12.7. The quantitative estimate of drug-likeness (QED) is 0.262. The van der Waals surface area contributed by atoms with E-state index in [0.29, 0.717) is 18.7 Å². The van der Waals surface area contributed by atoms with E-state index in [0.717, 1.165) is 22.6 Å². The highest BCUT2D eigenvalue weighted by atomic mass is 19.1. The van der Waals surface area contributed by atoms with E-state index < -0.39 is 29.9 Å². The van der Waals surface area contributed by atoms with Gasteiger partial charge in [-0.15, -0.1) is 0 Å². The Morgan fingerprint density at radius 3 is 2.09 bits per heavy atom. The molecule has 0 aromatic heterocycles. The van der Waals surface area contributed by atoms with Gasteiger partial charge in [-0.3, -0.25) is 24.5 Å². The van der Waals surface area contributed by atoms with Crippen molar-refractivity contribution >= 4 is 17.7 Å². The fraction of sp³-hybridized carbons (Fsp3) is 0.292. The Balaban J connectivity index is 1.64. The van der Waals surface area contributed by atoms with E-state index >= 15 is 0 Å². The Morgan fingerprint density at radius 1 is 1.06 bits per heavy atom. The maximum atomic E-state index is 12.9. The van der Waals surface area contributed by atoms with Crippen LogP contribution in [0, 0.1) is 11.8 Å².